The number of hydrogen-bond donors (Lipinski definition) is 1. The van der Waals surface area contributed by atoms with Crippen LogP contribution in [0.2, 0.25) is 0 Å². The summed E-state index contributed by atoms with van der Waals surface area (Å²) in [7, 11) is 0. The van der Waals surface area contributed by atoms with Crippen molar-refractivity contribution >= 4 is 5.78 Å². The molecule has 0 amide bonds. The first-order valence-corrected chi connectivity index (χ1v) is 10.2. The molecule has 0 radical (unpaired) electrons. The fourth-order valence-corrected chi connectivity index (χ4v) is 5.95. The van der Waals surface area contributed by atoms with Gasteiger partial charge in [0.25, 0.3) is 0 Å². The molecule has 1 aromatic carbocycles. The van der Waals surface area contributed by atoms with Crippen molar-refractivity contribution in [3.8, 4) is 5.75 Å². The number of phenolic OH excluding ortho intramolecular Hbond substituents is 1. The second-order valence-electron chi connectivity index (χ2n) is 8.55. The number of carbonyl (C=O) groups is 1. The lowest BCUT2D eigenvalue weighted by Gasteiger charge is -2.59. The van der Waals surface area contributed by atoms with Crippen molar-refractivity contribution in [2.45, 2.75) is 70.3 Å². The SMILES string of the molecule is CCC(CC)CN1CC[C@]23CCC(=O)C[C@H]2[C@H]1Cc1ccc(O)cc13. The van der Waals surface area contributed by atoms with Crippen molar-refractivity contribution in [3.63, 3.8) is 0 Å². The molecule has 0 spiro atoms. The summed E-state index contributed by atoms with van der Waals surface area (Å²) < 4.78 is 0. The fourth-order valence-electron chi connectivity index (χ4n) is 5.95. The van der Waals surface area contributed by atoms with E-state index in [0.717, 1.165) is 38.1 Å². The van der Waals surface area contributed by atoms with Gasteiger partial charge < -0.3 is 5.11 Å². The van der Waals surface area contributed by atoms with E-state index in [1.165, 1.54) is 30.5 Å². The second-order valence-corrected chi connectivity index (χ2v) is 8.55. The minimum atomic E-state index is 0.120. The summed E-state index contributed by atoms with van der Waals surface area (Å²) in [5.74, 6) is 2.01. The van der Waals surface area contributed by atoms with Gasteiger partial charge >= 0.3 is 0 Å². The van der Waals surface area contributed by atoms with Gasteiger partial charge in [-0.2, -0.15) is 0 Å². The molecule has 25 heavy (non-hydrogen) atoms. The third kappa shape index (κ3) is 2.71. The molecule has 1 heterocycles. The molecule has 0 aromatic heterocycles. The van der Waals surface area contributed by atoms with Crippen molar-refractivity contribution in [2.75, 3.05) is 13.1 Å². The lowest BCUT2D eigenvalue weighted by Crippen LogP contribution is -2.62. The van der Waals surface area contributed by atoms with Gasteiger partial charge in [-0.15, -0.1) is 0 Å². The Balaban J connectivity index is 1.73. The van der Waals surface area contributed by atoms with Crippen LogP contribution in [0.25, 0.3) is 0 Å². The highest BCUT2D eigenvalue weighted by molar-refractivity contribution is 5.80. The Morgan fingerprint density at radius 3 is 2.80 bits per heavy atom. The summed E-state index contributed by atoms with van der Waals surface area (Å²) in [4.78, 5) is 15.0. The minimum absolute atomic E-state index is 0.120. The molecule has 2 aliphatic carbocycles. The molecule has 136 valence electrons. The molecule has 1 aromatic rings. The molecule has 3 heteroatoms. The van der Waals surface area contributed by atoms with Crippen LogP contribution in [-0.2, 0) is 16.6 Å². The average Bonchev–Trinajstić information content (AvgIpc) is 2.62. The molecule has 3 aliphatic rings. The van der Waals surface area contributed by atoms with Gasteiger partial charge in [0.15, 0.2) is 0 Å². The van der Waals surface area contributed by atoms with Crippen LogP contribution in [0.3, 0.4) is 0 Å². The van der Waals surface area contributed by atoms with Gasteiger partial charge in [-0.05, 0) is 60.9 Å². The zero-order valence-electron chi connectivity index (χ0n) is 15.6. The van der Waals surface area contributed by atoms with E-state index in [1.54, 1.807) is 0 Å². The number of hydrogen-bond acceptors (Lipinski definition) is 3. The van der Waals surface area contributed by atoms with Crippen LogP contribution in [0, 0.1) is 11.8 Å². The van der Waals surface area contributed by atoms with Crippen molar-refractivity contribution in [1.29, 1.82) is 0 Å². The molecule has 1 saturated carbocycles. The van der Waals surface area contributed by atoms with E-state index in [0.29, 0.717) is 29.9 Å². The maximum absolute atomic E-state index is 12.3. The van der Waals surface area contributed by atoms with Crippen LogP contribution >= 0.6 is 0 Å². The van der Waals surface area contributed by atoms with Gasteiger partial charge in [-0.25, -0.2) is 0 Å². The summed E-state index contributed by atoms with van der Waals surface area (Å²) in [6, 6.07) is 6.47. The van der Waals surface area contributed by atoms with Gasteiger partial charge in [0.1, 0.15) is 11.5 Å². The lowest BCUT2D eigenvalue weighted by atomic mass is 9.52. The Labute approximate surface area is 151 Å². The molecule has 2 bridgehead atoms. The summed E-state index contributed by atoms with van der Waals surface area (Å²) >= 11 is 0. The van der Waals surface area contributed by atoms with Crippen molar-refractivity contribution in [1.82, 2.24) is 4.90 Å². The van der Waals surface area contributed by atoms with E-state index in [9.17, 15) is 9.90 Å². The molecule has 1 N–H and O–H groups in total. The number of benzene rings is 1. The molecular formula is C22H31NO2. The molecule has 4 rings (SSSR count). The summed E-state index contributed by atoms with van der Waals surface area (Å²) in [5, 5.41) is 10.1. The highest BCUT2D eigenvalue weighted by atomic mass is 16.3. The Hall–Kier alpha value is -1.35. The fraction of sp³-hybridized carbons (Fsp3) is 0.682. The highest BCUT2D eigenvalue weighted by Crippen LogP contribution is 2.55. The Morgan fingerprint density at radius 2 is 2.04 bits per heavy atom. The molecule has 0 unspecified atom stereocenters. The number of fused-ring (bicyclic) bond motifs is 1. The normalized spacial score (nSPS) is 31.7. The predicted molar refractivity (Wildman–Crippen MR) is 99.9 cm³/mol. The summed E-state index contributed by atoms with van der Waals surface area (Å²) in [6.07, 6.45) is 7.07. The number of phenols is 1. The molecule has 1 saturated heterocycles. The van der Waals surface area contributed by atoms with Crippen LogP contribution in [0.4, 0.5) is 0 Å². The number of nitrogens with zero attached hydrogens (tertiary/aromatic N) is 1. The lowest BCUT2D eigenvalue weighted by molar-refractivity contribution is -0.127. The Bertz CT molecular complexity index is 666. The van der Waals surface area contributed by atoms with Crippen molar-refractivity contribution < 1.29 is 9.90 Å². The zero-order chi connectivity index (χ0) is 17.6. The van der Waals surface area contributed by atoms with Crippen LogP contribution in [0.1, 0.15) is 63.5 Å². The number of likely N-dealkylation sites (tertiary alicyclic amines) is 1. The number of rotatable bonds is 4. The molecule has 3 nitrogen and oxygen atoms in total. The van der Waals surface area contributed by atoms with Gasteiger partial charge in [0, 0.05) is 30.8 Å². The van der Waals surface area contributed by atoms with Gasteiger partial charge in [-0.1, -0.05) is 32.8 Å². The Kier molecular flexibility index (Phi) is 4.39. The van der Waals surface area contributed by atoms with Gasteiger partial charge in [0.2, 0.25) is 0 Å². The smallest absolute Gasteiger partial charge is 0.133 e. The maximum Gasteiger partial charge on any atom is 0.133 e. The molecule has 2 fully saturated rings. The quantitative estimate of drug-likeness (QED) is 0.897. The van der Waals surface area contributed by atoms with Crippen LogP contribution < -0.4 is 0 Å². The van der Waals surface area contributed by atoms with E-state index in [4.69, 9.17) is 0 Å². The standard InChI is InChI=1S/C22H31NO2/c1-3-15(4-2)14-23-10-9-22-8-7-18(25)13-20(22)21(23)11-16-5-6-17(24)12-19(16)22/h5-6,12,15,20-21,24H,3-4,7-11,13-14H2,1-2H3/t20-,21+,22-/m0/s1. The largest absolute Gasteiger partial charge is 0.508 e. The predicted octanol–water partition coefficient (Wildman–Crippen LogP) is 4.07. The Morgan fingerprint density at radius 1 is 1.24 bits per heavy atom. The third-order valence-corrected chi connectivity index (χ3v) is 7.49. The van der Waals surface area contributed by atoms with Gasteiger partial charge in [0.05, 0.1) is 0 Å². The number of carbonyl (C=O) groups excluding carboxylic acids is 1. The number of piperidine rings is 1. The first kappa shape index (κ1) is 17.1. The molecule has 1 aliphatic heterocycles. The zero-order valence-corrected chi connectivity index (χ0v) is 15.6. The van der Waals surface area contributed by atoms with E-state index >= 15 is 0 Å². The molecular weight excluding hydrogens is 310 g/mol. The topological polar surface area (TPSA) is 40.5 Å². The third-order valence-electron chi connectivity index (χ3n) is 7.49. The van der Waals surface area contributed by atoms with Crippen LogP contribution in [-0.4, -0.2) is 34.9 Å². The monoisotopic (exact) mass is 341 g/mol. The molecule has 3 atom stereocenters. The van der Waals surface area contributed by atoms with Gasteiger partial charge in [-0.3, -0.25) is 9.69 Å². The summed E-state index contributed by atoms with van der Waals surface area (Å²) in [6.45, 7) is 6.91. The number of ketones is 1. The van der Waals surface area contributed by atoms with Crippen molar-refractivity contribution in [3.05, 3.63) is 29.3 Å². The maximum atomic E-state index is 12.3. The van der Waals surface area contributed by atoms with E-state index in [2.05, 4.69) is 24.8 Å². The second kappa shape index (κ2) is 6.42. The summed E-state index contributed by atoms with van der Waals surface area (Å²) in [5.41, 5.74) is 2.88. The minimum Gasteiger partial charge on any atom is -0.508 e. The van der Waals surface area contributed by atoms with Crippen LogP contribution in [0.5, 0.6) is 5.75 Å². The van der Waals surface area contributed by atoms with E-state index in [1.807, 2.05) is 12.1 Å². The highest BCUT2D eigenvalue weighted by Gasteiger charge is 2.55. The first-order valence-electron chi connectivity index (χ1n) is 10.2. The first-order chi connectivity index (χ1) is 12.1. The van der Waals surface area contributed by atoms with Crippen LogP contribution in [0.15, 0.2) is 18.2 Å². The number of aromatic hydroxyl groups is 1. The average molecular weight is 341 g/mol. The van der Waals surface area contributed by atoms with E-state index in [-0.39, 0.29) is 5.41 Å². The van der Waals surface area contributed by atoms with Crippen molar-refractivity contribution in [2.24, 2.45) is 11.8 Å². The van der Waals surface area contributed by atoms with E-state index < -0.39 is 0 Å². The number of Topliss-reactive ketones (excluding diaryl/α,β-unsaturated/α-hetero) is 1.